The molecule has 3 rings (SSSR count). The molecule has 1 heterocycles. The predicted octanol–water partition coefficient (Wildman–Crippen LogP) is 3.87. The summed E-state index contributed by atoms with van der Waals surface area (Å²) in [6, 6.07) is 10.0. The van der Waals surface area contributed by atoms with Crippen LogP contribution in [0.15, 0.2) is 46.0 Å². The Morgan fingerprint density at radius 1 is 1.24 bits per heavy atom. The molecule has 2 aromatic carbocycles. The number of benzene rings is 2. The largest absolute Gasteiger partial charge is 0.454 e. The second-order valence-electron chi connectivity index (χ2n) is 4.33. The Hall–Kier alpha value is -2.08. The van der Waals surface area contributed by atoms with Gasteiger partial charge < -0.3 is 14.3 Å². The highest BCUT2D eigenvalue weighted by atomic mass is 79.9. The Morgan fingerprint density at radius 2 is 2.00 bits per heavy atom. The van der Waals surface area contributed by atoms with Crippen LogP contribution in [0.1, 0.15) is 11.1 Å². The molecule has 0 aromatic heterocycles. The molecule has 0 atom stereocenters. The van der Waals surface area contributed by atoms with Crippen LogP contribution in [0.4, 0.5) is 4.39 Å². The average Bonchev–Trinajstić information content (AvgIpc) is 2.92. The van der Waals surface area contributed by atoms with Crippen molar-refractivity contribution in [2.24, 2.45) is 5.16 Å². The van der Waals surface area contributed by atoms with Gasteiger partial charge in [-0.25, -0.2) is 4.39 Å². The number of hydrogen-bond donors (Lipinski definition) is 0. The number of ether oxygens (including phenoxy) is 2. The lowest BCUT2D eigenvalue weighted by Gasteiger charge is -2.03. The van der Waals surface area contributed by atoms with Crippen LogP contribution in [0.2, 0.25) is 0 Å². The number of hydrogen-bond acceptors (Lipinski definition) is 4. The van der Waals surface area contributed by atoms with E-state index in [1.165, 1.54) is 12.3 Å². The summed E-state index contributed by atoms with van der Waals surface area (Å²) in [7, 11) is 0. The molecular weight excluding hydrogens is 341 g/mol. The predicted molar refractivity (Wildman–Crippen MR) is 79.0 cm³/mol. The minimum atomic E-state index is -0.308. The molecule has 0 saturated carbocycles. The van der Waals surface area contributed by atoms with Crippen molar-refractivity contribution in [1.29, 1.82) is 0 Å². The topological polar surface area (TPSA) is 40.0 Å². The van der Waals surface area contributed by atoms with E-state index in [0.29, 0.717) is 17.1 Å². The van der Waals surface area contributed by atoms with Gasteiger partial charge in [0.25, 0.3) is 0 Å². The van der Waals surface area contributed by atoms with Gasteiger partial charge in [-0.15, -0.1) is 0 Å². The molecule has 6 heteroatoms. The van der Waals surface area contributed by atoms with Crippen molar-refractivity contribution >= 4 is 22.1 Å². The van der Waals surface area contributed by atoms with Crippen LogP contribution >= 0.6 is 15.9 Å². The molecule has 0 bridgehead atoms. The van der Waals surface area contributed by atoms with Gasteiger partial charge in [0.1, 0.15) is 12.4 Å². The Balaban J connectivity index is 1.66. The lowest BCUT2D eigenvalue weighted by molar-refractivity contribution is 0.129. The minimum Gasteiger partial charge on any atom is -0.454 e. The lowest BCUT2D eigenvalue weighted by Crippen LogP contribution is -1.93. The summed E-state index contributed by atoms with van der Waals surface area (Å²) < 4.78 is 24.7. The van der Waals surface area contributed by atoms with Crippen LogP contribution in [0.5, 0.6) is 11.5 Å². The maximum Gasteiger partial charge on any atom is 0.231 e. The molecule has 4 nitrogen and oxygen atoms in total. The third-order valence-electron chi connectivity index (χ3n) is 2.94. The molecular formula is C15H11BrFNO3. The average molecular weight is 352 g/mol. The highest BCUT2D eigenvalue weighted by Crippen LogP contribution is 2.36. The summed E-state index contributed by atoms with van der Waals surface area (Å²) in [4.78, 5) is 5.12. The van der Waals surface area contributed by atoms with Crippen LogP contribution in [0.3, 0.4) is 0 Å². The Labute approximate surface area is 129 Å². The summed E-state index contributed by atoms with van der Waals surface area (Å²) >= 11 is 3.42. The number of fused-ring (bicyclic) bond motifs is 1. The molecule has 2 aromatic rings. The normalized spacial score (nSPS) is 12.9. The molecule has 0 saturated heterocycles. The van der Waals surface area contributed by atoms with E-state index in [0.717, 1.165) is 10.0 Å². The van der Waals surface area contributed by atoms with Crippen LogP contribution in [-0.4, -0.2) is 13.0 Å². The van der Waals surface area contributed by atoms with Gasteiger partial charge in [-0.2, -0.15) is 0 Å². The van der Waals surface area contributed by atoms with E-state index in [9.17, 15) is 4.39 Å². The third-order valence-corrected chi connectivity index (χ3v) is 3.62. The van der Waals surface area contributed by atoms with Crippen molar-refractivity contribution in [3.63, 3.8) is 0 Å². The molecule has 0 amide bonds. The first-order valence-electron chi connectivity index (χ1n) is 6.22. The highest BCUT2D eigenvalue weighted by Gasteiger charge is 2.15. The first kappa shape index (κ1) is 13.9. The second kappa shape index (κ2) is 6.13. The van der Waals surface area contributed by atoms with Gasteiger partial charge >= 0.3 is 0 Å². The fourth-order valence-electron chi connectivity index (χ4n) is 1.85. The van der Waals surface area contributed by atoms with Crippen molar-refractivity contribution in [2.75, 3.05) is 6.79 Å². The fourth-order valence-corrected chi connectivity index (χ4v) is 2.27. The SMILES string of the molecule is Fc1ccccc1CO/N=C\c1cc2c(cc1Br)OCO2. The van der Waals surface area contributed by atoms with Crippen LogP contribution in [0.25, 0.3) is 0 Å². The zero-order valence-corrected chi connectivity index (χ0v) is 12.5. The quantitative estimate of drug-likeness (QED) is 0.620. The minimum absolute atomic E-state index is 0.0747. The fraction of sp³-hybridized carbons (Fsp3) is 0.133. The Kier molecular flexibility index (Phi) is 4.06. The molecule has 0 aliphatic carbocycles. The van der Waals surface area contributed by atoms with Crippen LogP contribution in [-0.2, 0) is 11.4 Å². The maximum absolute atomic E-state index is 13.4. The van der Waals surface area contributed by atoms with Crippen LogP contribution in [0, 0.1) is 5.82 Å². The first-order chi connectivity index (χ1) is 10.2. The summed E-state index contributed by atoms with van der Waals surface area (Å²) in [5, 5.41) is 3.85. The number of nitrogens with zero attached hydrogens (tertiary/aromatic N) is 1. The number of halogens is 2. The second-order valence-corrected chi connectivity index (χ2v) is 5.18. The lowest BCUT2D eigenvalue weighted by atomic mass is 10.2. The van der Waals surface area contributed by atoms with E-state index in [-0.39, 0.29) is 19.2 Å². The van der Waals surface area contributed by atoms with Gasteiger partial charge in [-0.1, -0.05) is 23.4 Å². The summed E-state index contributed by atoms with van der Waals surface area (Å²) in [6.45, 7) is 0.289. The highest BCUT2D eigenvalue weighted by molar-refractivity contribution is 9.10. The van der Waals surface area contributed by atoms with E-state index in [1.54, 1.807) is 30.3 Å². The molecule has 0 N–H and O–H groups in total. The van der Waals surface area contributed by atoms with E-state index < -0.39 is 0 Å². The van der Waals surface area contributed by atoms with Crippen molar-refractivity contribution in [2.45, 2.75) is 6.61 Å². The third kappa shape index (κ3) is 3.16. The Morgan fingerprint density at radius 3 is 2.81 bits per heavy atom. The van der Waals surface area contributed by atoms with Gasteiger partial charge in [0.2, 0.25) is 6.79 Å². The first-order valence-corrected chi connectivity index (χ1v) is 7.01. The molecule has 0 spiro atoms. The number of oxime groups is 1. The van der Waals surface area contributed by atoms with E-state index in [2.05, 4.69) is 21.1 Å². The molecule has 1 aliphatic rings. The van der Waals surface area contributed by atoms with Crippen molar-refractivity contribution in [3.05, 3.63) is 57.8 Å². The van der Waals surface area contributed by atoms with Crippen molar-refractivity contribution < 1.29 is 18.7 Å². The molecule has 108 valence electrons. The van der Waals surface area contributed by atoms with E-state index >= 15 is 0 Å². The monoisotopic (exact) mass is 351 g/mol. The molecule has 0 fully saturated rings. The smallest absolute Gasteiger partial charge is 0.231 e. The summed E-state index contributed by atoms with van der Waals surface area (Å²) in [6.07, 6.45) is 1.53. The zero-order chi connectivity index (χ0) is 14.7. The van der Waals surface area contributed by atoms with Gasteiger partial charge in [0.15, 0.2) is 11.5 Å². The van der Waals surface area contributed by atoms with Crippen molar-refractivity contribution in [3.8, 4) is 11.5 Å². The van der Waals surface area contributed by atoms with Gasteiger partial charge in [-0.05, 0) is 34.1 Å². The number of rotatable bonds is 4. The van der Waals surface area contributed by atoms with Gasteiger partial charge in [0, 0.05) is 15.6 Å². The maximum atomic E-state index is 13.4. The molecule has 0 radical (unpaired) electrons. The standard InChI is InChI=1S/C15H11BrFNO3/c16-12-6-15-14(19-9-20-15)5-11(12)7-18-21-8-10-3-1-2-4-13(10)17/h1-7H,8-9H2/b18-7-. The zero-order valence-electron chi connectivity index (χ0n) is 10.9. The molecule has 21 heavy (non-hydrogen) atoms. The Bertz CT molecular complexity index is 691. The van der Waals surface area contributed by atoms with E-state index in [4.69, 9.17) is 14.3 Å². The van der Waals surface area contributed by atoms with Gasteiger partial charge in [-0.3, -0.25) is 0 Å². The van der Waals surface area contributed by atoms with Gasteiger partial charge in [0.05, 0.1) is 6.21 Å². The van der Waals surface area contributed by atoms with Crippen molar-refractivity contribution in [1.82, 2.24) is 0 Å². The van der Waals surface area contributed by atoms with E-state index in [1.807, 2.05) is 0 Å². The van der Waals surface area contributed by atoms with Crippen LogP contribution < -0.4 is 9.47 Å². The molecule has 0 unspecified atom stereocenters. The summed E-state index contributed by atoms with van der Waals surface area (Å²) in [5.74, 6) is 1.04. The molecule has 1 aliphatic heterocycles. The summed E-state index contributed by atoms with van der Waals surface area (Å²) in [5.41, 5.74) is 1.24.